The van der Waals surface area contributed by atoms with Gasteiger partial charge < -0.3 is 19.1 Å². The molecule has 0 spiro atoms. The zero-order chi connectivity index (χ0) is 14.6. The van der Waals surface area contributed by atoms with Crippen molar-refractivity contribution >= 4 is 11.7 Å². The highest BCUT2D eigenvalue weighted by atomic mass is 16.5. The van der Waals surface area contributed by atoms with Gasteiger partial charge in [-0.1, -0.05) is 0 Å². The summed E-state index contributed by atoms with van der Waals surface area (Å²) in [5, 5.41) is 0. The van der Waals surface area contributed by atoms with Gasteiger partial charge in [-0.3, -0.25) is 0 Å². The minimum atomic E-state index is -0.811. The van der Waals surface area contributed by atoms with Gasteiger partial charge in [0.25, 0.3) is 0 Å². The average molecular weight is 267 g/mol. The number of hydrogen-bond acceptors (Lipinski definition) is 5. The van der Waals surface area contributed by atoms with E-state index in [-0.39, 0.29) is 5.97 Å². The Balaban J connectivity index is 3.23. The predicted molar refractivity (Wildman–Crippen MR) is 74.0 cm³/mol. The molecule has 0 atom stereocenters. The smallest absolute Gasteiger partial charge is 0.331 e. The van der Waals surface area contributed by atoms with E-state index in [2.05, 4.69) is 0 Å². The van der Waals surface area contributed by atoms with Crippen molar-refractivity contribution in [3.8, 4) is 11.5 Å². The van der Waals surface area contributed by atoms with Gasteiger partial charge in [0.15, 0.2) is 0 Å². The lowest BCUT2D eigenvalue weighted by molar-refractivity contribution is -0.145. The third-order valence-electron chi connectivity index (χ3n) is 3.27. The fraction of sp³-hybridized carbons (Fsp3) is 0.500. The Morgan fingerprint density at radius 1 is 1.16 bits per heavy atom. The molecule has 0 unspecified atom stereocenters. The zero-order valence-electron chi connectivity index (χ0n) is 12.3. The Morgan fingerprint density at radius 2 is 1.79 bits per heavy atom. The molecule has 0 aliphatic carbocycles. The molecule has 19 heavy (non-hydrogen) atoms. The molecule has 106 valence electrons. The number of esters is 1. The highest BCUT2D eigenvalue weighted by Gasteiger charge is 2.35. The molecule has 0 heterocycles. The normalized spacial score (nSPS) is 10.8. The first-order valence-corrected chi connectivity index (χ1v) is 5.92. The maximum absolute atomic E-state index is 11.9. The highest BCUT2D eigenvalue weighted by Crippen LogP contribution is 2.35. The van der Waals surface area contributed by atoms with Gasteiger partial charge in [0.1, 0.15) is 17.0 Å². The van der Waals surface area contributed by atoms with E-state index in [1.807, 2.05) is 13.1 Å². The van der Waals surface area contributed by atoms with Gasteiger partial charge in [0.2, 0.25) is 0 Å². The average Bonchev–Trinajstić information content (AvgIpc) is 2.44. The van der Waals surface area contributed by atoms with Crippen LogP contribution in [0.5, 0.6) is 11.5 Å². The van der Waals surface area contributed by atoms with E-state index in [1.165, 1.54) is 7.11 Å². The van der Waals surface area contributed by atoms with Crippen LogP contribution in [-0.2, 0) is 9.53 Å². The van der Waals surface area contributed by atoms with E-state index < -0.39 is 5.54 Å². The van der Waals surface area contributed by atoms with Crippen molar-refractivity contribution in [2.24, 2.45) is 0 Å². The molecule has 1 aromatic carbocycles. The first-order valence-electron chi connectivity index (χ1n) is 5.92. The largest absolute Gasteiger partial charge is 0.497 e. The monoisotopic (exact) mass is 267 g/mol. The Bertz CT molecular complexity index is 457. The number of benzene rings is 1. The van der Waals surface area contributed by atoms with Gasteiger partial charge in [0.05, 0.1) is 27.0 Å². The van der Waals surface area contributed by atoms with E-state index in [9.17, 15) is 4.79 Å². The first kappa shape index (κ1) is 15.1. The lowest BCUT2D eigenvalue weighted by atomic mass is 10.0. The fourth-order valence-corrected chi connectivity index (χ4v) is 1.75. The molecule has 0 aliphatic rings. The van der Waals surface area contributed by atoms with Gasteiger partial charge >= 0.3 is 5.97 Å². The summed E-state index contributed by atoms with van der Waals surface area (Å²) in [5.41, 5.74) is -0.0498. The van der Waals surface area contributed by atoms with Crippen molar-refractivity contribution in [2.45, 2.75) is 19.4 Å². The number of anilines is 1. The molecule has 0 saturated carbocycles. The van der Waals surface area contributed by atoms with Crippen LogP contribution >= 0.6 is 0 Å². The fourth-order valence-electron chi connectivity index (χ4n) is 1.75. The van der Waals surface area contributed by atoms with Crippen molar-refractivity contribution in [1.29, 1.82) is 0 Å². The second-order valence-electron chi connectivity index (χ2n) is 4.65. The van der Waals surface area contributed by atoms with Crippen molar-refractivity contribution in [1.82, 2.24) is 0 Å². The van der Waals surface area contributed by atoms with E-state index >= 15 is 0 Å². The molecular weight excluding hydrogens is 246 g/mol. The molecule has 0 fully saturated rings. The number of nitrogens with zero attached hydrogens (tertiary/aromatic N) is 1. The topological polar surface area (TPSA) is 48.0 Å². The summed E-state index contributed by atoms with van der Waals surface area (Å²) in [4.78, 5) is 13.7. The highest BCUT2D eigenvalue weighted by molar-refractivity contribution is 5.85. The van der Waals surface area contributed by atoms with Crippen LogP contribution in [0, 0.1) is 0 Å². The lowest BCUT2D eigenvalue weighted by Gasteiger charge is -2.35. The second-order valence-corrected chi connectivity index (χ2v) is 4.65. The van der Waals surface area contributed by atoms with Crippen molar-refractivity contribution in [3.63, 3.8) is 0 Å². The van der Waals surface area contributed by atoms with Gasteiger partial charge in [-0.05, 0) is 26.0 Å². The minimum Gasteiger partial charge on any atom is -0.497 e. The maximum atomic E-state index is 11.9. The molecule has 5 nitrogen and oxygen atoms in total. The summed E-state index contributed by atoms with van der Waals surface area (Å²) in [7, 11) is 6.37. The predicted octanol–water partition coefficient (Wildman–Crippen LogP) is 2.09. The standard InChI is InChI=1S/C14H21NO4/c1-14(2,13(16)19-6)15(3)11-9-10(17-4)7-8-12(11)18-5/h7-9H,1-6H3. The number of hydrogen-bond donors (Lipinski definition) is 0. The number of rotatable bonds is 5. The Hall–Kier alpha value is -1.91. The maximum Gasteiger partial charge on any atom is 0.331 e. The van der Waals surface area contributed by atoms with Crippen LogP contribution in [0.15, 0.2) is 18.2 Å². The molecule has 0 aromatic heterocycles. The van der Waals surface area contributed by atoms with E-state index in [0.717, 1.165) is 5.69 Å². The number of likely N-dealkylation sites (N-methyl/N-ethyl adjacent to an activating group) is 1. The molecule has 0 radical (unpaired) electrons. The van der Waals surface area contributed by atoms with Crippen molar-refractivity contribution in [3.05, 3.63) is 18.2 Å². The third-order valence-corrected chi connectivity index (χ3v) is 3.27. The van der Waals surface area contributed by atoms with Gasteiger partial charge in [-0.25, -0.2) is 4.79 Å². The zero-order valence-corrected chi connectivity index (χ0v) is 12.3. The molecule has 0 N–H and O–H groups in total. The molecular formula is C14H21NO4. The number of methoxy groups -OCH3 is 3. The van der Waals surface area contributed by atoms with Crippen LogP contribution in [0.2, 0.25) is 0 Å². The number of ether oxygens (including phenoxy) is 3. The summed E-state index contributed by atoms with van der Waals surface area (Å²) in [5.74, 6) is 1.04. The first-order chi connectivity index (χ1) is 8.88. The van der Waals surface area contributed by atoms with Crippen LogP contribution in [0.1, 0.15) is 13.8 Å². The lowest BCUT2D eigenvalue weighted by Crippen LogP contribution is -2.49. The number of carbonyl (C=O) groups excluding carboxylic acids is 1. The van der Waals surface area contributed by atoms with E-state index in [4.69, 9.17) is 14.2 Å². The number of carbonyl (C=O) groups is 1. The van der Waals surface area contributed by atoms with Gasteiger partial charge in [-0.2, -0.15) is 0 Å². The Labute approximate surface area is 114 Å². The molecule has 1 rings (SSSR count). The third kappa shape index (κ3) is 2.92. The summed E-state index contributed by atoms with van der Waals surface area (Å²) in [6.45, 7) is 3.58. The quantitative estimate of drug-likeness (QED) is 0.765. The van der Waals surface area contributed by atoms with Crippen LogP contribution in [-0.4, -0.2) is 39.9 Å². The minimum absolute atomic E-state index is 0.320. The Kier molecular flexibility index (Phi) is 4.64. The second kappa shape index (κ2) is 5.82. The van der Waals surface area contributed by atoms with Crippen molar-refractivity contribution < 1.29 is 19.0 Å². The molecule has 0 saturated heterocycles. The SMILES string of the molecule is COC(=O)C(C)(C)N(C)c1cc(OC)ccc1OC. The molecule has 0 amide bonds. The van der Waals surface area contributed by atoms with Gasteiger partial charge in [0, 0.05) is 13.1 Å². The van der Waals surface area contributed by atoms with Gasteiger partial charge in [-0.15, -0.1) is 0 Å². The Morgan fingerprint density at radius 3 is 2.26 bits per heavy atom. The van der Waals surface area contributed by atoms with E-state index in [1.54, 1.807) is 45.1 Å². The summed E-state index contributed by atoms with van der Waals surface area (Å²) >= 11 is 0. The summed E-state index contributed by atoms with van der Waals surface area (Å²) in [6.07, 6.45) is 0. The van der Waals surface area contributed by atoms with Crippen LogP contribution < -0.4 is 14.4 Å². The molecule has 0 bridgehead atoms. The summed E-state index contributed by atoms with van der Waals surface area (Å²) < 4.78 is 15.4. The molecule has 0 aliphatic heterocycles. The van der Waals surface area contributed by atoms with Crippen LogP contribution in [0.25, 0.3) is 0 Å². The molecule has 5 heteroatoms. The van der Waals surface area contributed by atoms with Crippen LogP contribution in [0.4, 0.5) is 5.69 Å². The summed E-state index contributed by atoms with van der Waals surface area (Å²) in [6, 6.07) is 5.43. The van der Waals surface area contributed by atoms with E-state index in [0.29, 0.717) is 11.5 Å². The molecule has 1 aromatic rings. The van der Waals surface area contributed by atoms with Crippen molar-refractivity contribution in [2.75, 3.05) is 33.3 Å². The van der Waals surface area contributed by atoms with Crippen LogP contribution in [0.3, 0.4) is 0 Å².